The molecule has 1 heterocycles. The van der Waals surface area contributed by atoms with E-state index in [9.17, 15) is 0 Å². The monoisotopic (exact) mass is 138 g/mol. The summed E-state index contributed by atoms with van der Waals surface area (Å²) >= 11 is 0. The van der Waals surface area contributed by atoms with Crippen LogP contribution in [-0.2, 0) is 4.74 Å². The number of hydrogen-bond acceptors (Lipinski definition) is 1. The van der Waals surface area contributed by atoms with Crippen molar-refractivity contribution in [2.75, 3.05) is 0 Å². The van der Waals surface area contributed by atoms with Gasteiger partial charge in [-0.05, 0) is 19.3 Å². The largest absolute Gasteiger partial charge is 0.495 e. The molecule has 56 valence electrons. The molecule has 2 fully saturated rings. The minimum atomic E-state index is 0.543. The fourth-order valence-corrected chi connectivity index (χ4v) is 2.12. The normalized spacial score (nSPS) is 39.0. The predicted octanol–water partition coefficient (Wildman–Crippen LogP) is 2.48. The van der Waals surface area contributed by atoms with Crippen molar-refractivity contribution in [3.63, 3.8) is 0 Å². The van der Waals surface area contributed by atoms with Crippen LogP contribution in [0.4, 0.5) is 0 Å². The SMILES string of the molecule is C=C1C[C@@H]2CCCC[C@H]2O1. The van der Waals surface area contributed by atoms with Crippen molar-refractivity contribution in [3.05, 3.63) is 12.3 Å². The van der Waals surface area contributed by atoms with Crippen molar-refractivity contribution in [1.82, 2.24) is 0 Å². The Balaban J connectivity index is 2.04. The van der Waals surface area contributed by atoms with E-state index >= 15 is 0 Å². The van der Waals surface area contributed by atoms with E-state index in [1.54, 1.807) is 0 Å². The quantitative estimate of drug-likeness (QED) is 0.499. The maximum absolute atomic E-state index is 5.57. The van der Waals surface area contributed by atoms with Crippen LogP contribution in [0.15, 0.2) is 12.3 Å². The number of hydrogen-bond donors (Lipinski definition) is 0. The van der Waals surface area contributed by atoms with Crippen molar-refractivity contribution < 1.29 is 4.74 Å². The van der Waals surface area contributed by atoms with E-state index < -0.39 is 0 Å². The summed E-state index contributed by atoms with van der Waals surface area (Å²) in [6.45, 7) is 3.86. The van der Waals surface area contributed by atoms with Gasteiger partial charge in [0.25, 0.3) is 0 Å². The van der Waals surface area contributed by atoms with Crippen molar-refractivity contribution in [1.29, 1.82) is 0 Å². The molecule has 2 aliphatic rings. The van der Waals surface area contributed by atoms with Gasteiger partial charge in [-0.1, -0.05) is 13.0 Å². The minimum absolute atomic E-state index is 0.543. The van der Waals surface area contributed by atoms with Gasteiger partial charge in [0.05, 0.1) is 5.76 Å². The van der Waals surface area contributed by atoms with E-state index in [0.29, 0.717) is 6.10 Å². The Morgan fingerprint density at radius 3 is 2.90 bits per heavy atom. The molecule has 0 bridgehead atoms. The summed E-state index contributed by atoms with van der Waals surface area (Å²) in [6.07, 6.45) is 7.06. The Morgan fingerprint density at radius 1 is 1.30 bits per heavy atom. The molecule has 1 nitrogen and oxygen atoms in total. The summed E-state index contributed by atoms with van der Waals surface area (Å²) in [5.74, 6) is 1.85. The van der Waals surface area contributed by atoms with Crippen molar-refractivity contribution in [3.8, 4) is 0 Å². The van der Waals surface area contributed by atoms with E-state index in [-0.39, 0.29) is 0 Å². The second-order valence-electron chi connectivity index (χ2n) is 3.44. The zero-order chi connectivity index (χ0) is 6.97. The topological polar surface area (TPSA) is 9.23 Å². The zero-order valence-corrected chi connectivity index (χ0v) is 6.31. The van der Waals surface area contributed by atoms with Gasteiger partial charge in [-0.3, -0.25) is 0 Å². The summed E-state index contributed by atoms with van der Waals surface area (Å²) in [4.78, 5) is 0. The molecule has 0 N–H and O–H groups in total. The molecule has 1 aliphatic carbocycles. The van der Waals surface area contributed by atoms with Gasteiger partial charge in [-0.2, -0.15) is 0 Å². The van der Waals surface area contributed by atoms with Gasteiger partial charge in [-0.15, -0.1) is 0 Å². The molecule has 0 aromatic rings. The highest BCUT2D eigenvalue weighted by molar-refractivity contribution is 4.97. The summed E-state index contributed by atoms with van der Waals surface area (Å²) < 4.78 is 5.57. The number of allylic oxidation sites excluding steroid dienone is 1. The molecule has 0 aromatic carbocycles. The van der Waals surface area contributed by atoms with Gasteiger partial charge in [0, 0.05) is 12.3 Å². The Hall–Kier alpha value is -0.460. The summed E-state index contributed by atoms with van der Waals surface area (Å²) in [5, 5.41) is 0. The highest BCUT2D eigenvalue weighted by atomic mass is 16.5. The van der Waals surface area contributed by atoms with Crippen molar-refractivity contribution in [2.24, 2.45) is 5.92 Å². The molecule has 10 heavy (non-hydrogen) atoms. The summed E-state index contributed by atoms with van der Waals surface area (Å²) in [7, 11) is 0. The Morgan fingerprint density at radius 2 is 2.10 bits per heavy atom. The average molecular weight is 138 g/mol. The predicted molar refractivity (Wildman–Crippen MR) is 40.6 cm³/mol. The number of fused-ring (bicyclic) bond motifs is 1. The fourth-order valence-electron chi connectivity index (χ4n) is 2.12. The third kappa shape index (κ3) is 0.938. The molecular weight excluding hydrogens is 124 g/mol. The van der Waals surface area contributed by atoms with Crippen LogP contribution in [0.2, 0.25) is 0 Å². The highest BCUT2D eigenvalue weighted by Crippen LogP contribution is 2.38. The standard InChI is InChI=1S/C9H14O/c1-7-6-8-4-2-3-5-9(8)10-7/h8-9H,1-6H2/t8-,9+/m0/s1. The lowest BCUT2D eigenvalue weighted by Gasteiger charge is -2.22. The second-order valence-corrected chi connectivity index (χ2v) is 3.44. The molecule has 0 unspecified atom stereocenters. The Bertz CT molecular complexity index is 135. The van der Waals surface area contributed by atoms with Gasteiger partial charge in [0.2, 0.25) is 0 Å². The van der Waals surface area contributed by atoms with Crippen LogP contribution in [0, 0.1) is 5.92 Å². The van der Waals surface area contributed by atoms with Crippen LogP contribution in [0.5, 0.6) is 0 Å². The second kappa shape index (κ2) is 2.30. The van der Waals surface area contributed by atoms with E-state index in [4.69, 9.17) is 4.74 Å². The molecule has 0 aromatic heterocycles. The molecule has 1 saturated carbocycles. The van der Waals surface area contributed by atoms with Crippen LogP contribution in [0.1, 0.15) is 32.1 Å². The zero-order valence-electron chi connectivity index (χ0n) is 6.31. The first-order valence-electron chi connectivity index (χ1n) is 4.21. The Labute approximate surface area is 62.1 Å². The van der Waals surface area contributed by atoms with E-state index in [0.717, 1.165) is 18.1 Å². The summed E-state index contributed by atoms with van der Waals surface area (Å²) in [6, 6.07) is 0. The number of ether oxygens (including phenoxy) is 1. The van der Waals surface area contributed by atoms with Gasteiger partial charge in [0.1, 0.15) is 6.10 Å². The van der Waals surface area contributed by atoms with Crippen LogP contribution in [0.3, 0.4) is 0 Å². The lowest BCUT2D eigenvalue weighted by Crippen LogP contribution is -2.19. The molecule has 0 amide bonds. The first kappa shape index (κ1) is 6.26. The lowest BCUT2D eigenvalue weighted by molar-refractivity contribution is 0.0984. The van der Waals surface area contributed by atoms with E-state index in [2.05, 4.69) is 6.58 Å². The van der Waals surface area contributed by atoms with E-state index in [1.165, 1.54) is 25.7 Å². The summed E-state index contributed by atoms with van der Waals surface area (Å²) in [5.41, 5.74) is 0. The smallest absolute Gasteiger partial charge is 0.101 e. The van der Waals surface area contributed by atoms with E-state index in [1.807, 2.05) is 0 Å². The van der Waals surface area contributed by atoms with Crippen LogP contribution in [-0.4, -0.2) is 6.10 Å². The molecular formula is C9H14O. The van der Waals surface area contributed by atoms with Gasteiger partial charge in [0.15, 0.2) is 0 Å². The number of rotatable bonds is 0. The Kier molecular flexibility index (Phi) is 1.44. The van der Waals surface area contributed by atoms with Crippen molar-refractivity contribution >= 4 is 0 Å². The van der Waals surface area contributed by atoms with Crippen LogP contribution < -0.4 is 0 Å². The van der Waals surface area contributed by atoms with Crippen LogP contribution >= 0.6 is 0 Å². The first-order valence-corrected chi connectivity index (χ1v) is 4.21. The van der Waals surface area contributed by atoms with Gasteiger partial charge >= 0.3 is 0 Å². The molecule has 0 radical (unpaired) electrons. The first-order chi connectivity index (χ1) is 4.86. The van der Waals surface area contributed by atoms with Gasteiger partial charge in [-0.25, -0.2) is 0 Å². The van der Waals surface area contributed by atoms with Gasteiger partial charge < -0.3 is 4.74 Å². The molecule has 1 heteroatoms. The third-order valence-electron chi connectivity index (χ3n) is 2.65. The lowest BCUT2D eigenvalue weighted by atomic mass is 9.86. The minimum Gasteiger partial charge on any atom is -0.495 e. The fraction of sp³-hybridized carbons (Fsp3) is 0.778. The maximum Gasteiger partial charge on any atom is 0.101 e. The third-order valence-corrected chi connectivity index (χ3v) is 2.65. The average Bonchev–Trinajstić information content (AvgIpc) is 2.27. The maximum atomic E-state index is 5.57. The highest BCUT2D eigenvalue weighted by Gasteiger charge is 2.32. The molecule has 0 spiro atoms. The molecule has 1 aliphatic heterocycles. The molecule has 2 rings (SSSR count). The van der Waals surface area contributed by atoms with Crippen LogP contribution in [0.25, 0.3) is 0 Å². The molecule has 2 atom stereocenters. The van der Waals surface area contributed by atoms with Crippen molar-refractivity contribution in [2.45, 2.75) is 38.2 Å². The molecule has 1 saturated heterocycles.